The van der Waals surface area contributed by atoms with Crippen molar-refractivity contribution in [2.75, 3.05) is 11.6 Å². The van der Waals surface area contributed by atoms with Crippen LogP contribution >= 0.6 is 0 Å². The summed E-state index contributed by atoms with van der Waals surface area (Å²) in [7, 11) is 0. The molecular weight excluding hydrogens is 326 g/mol. The molecule has 3 aromatic heterocycles. The number of hydrogen-bond acceptors (Lipinski definition) is 6. The highest BCUT2D eigenvalue weighted by Crippen LogP contribution is 2.31. The first-order valence-electron chi connectivity index (χ1n) is 8.04. The third-order valence-electron chi connectivity index (χ3n) is 4.37. The van der Waals surface area contributed by atoms with Crippen molar-refractivity contribution in [2.24, 2.45) is 0 Å². The Labute approximate surface area is 149 Å². The lowest BCUT2D eigenvalue weighted by Crippen LogP contribution is -2.32. The van der Waals surface area contributed by atoms with E-state index in [1.807, 2.05) is 43.3 Å². The summed E-state index contributed by atoms with van der Waals surface area (Å²) in [5.41, 5.74) is 10.7. The van der Waals surface area contributed by atoms with Crippen LogP contribution in [0.3, 0.4) is 0 Å². The van der Waals surface area contributed by atoms with Crippen LogP contribution in [0.5, 0.6) is 0 Å². The van der Waals surface area contributed by atoms with E-state index in [9.17, 15) is 0 Å². The van der Waals surface area contributed by atoms with Gasteiger partial charge in [-0.1, -0.05) is 6.07 Å². The first kappa shape index (κ1) is 15.8. The molecule has 0 fully saturated rings. The summed E-state index contributed by atoms with van der Waals surface area (Å²) in [6.45, 7) is 2.03. The molecule has 0 spiro atoms. The topological polar surface area (TPSA) is 119 Å². The predicted octanol–water partition coefficient (Wildman–Crippen LogP) is 2.24. The van der Waals surface area contributed by atoms with E-state index in [0.717, 1.165) is 27.6 Å². The van der Waals surface area contributed by atoms with E-state index >= 15 is 0 Å². The average molecular weight is 343 g/mol. The zero-order valence-corrected chi connectivity index (χ0v) is 14.1. The van der Waals surface area contributed by atoms with Gasteiger partial charge in [-0.2, -0.15) is 0 Å². The minimum atomic E-state index is -0.0409. The quantitative estimate of drug-likeness (QED) is 0.482. The van der Waals surface area contributed by atoms with Crippen LogP contribution in [0.4, 0.5) is 5.82 Å². The lowest BCUT2D eigenvalue weighted by Gasteiger charge is -2.16. The maximum absolute atomic E-state index is 8.12. The highest BCUT2D eigenvalue weighted by atomic mass is 15.3. The minimum Gasteiger partial charge on any atom is -0.381 e. The molecule has 3 heterocycles. The number of anilines is 1. The molecule has 0 amide bonds. The molecule has 128 valence electrons. The van der Waals surface area contributed by atoms with Crippen LogP contribution in [0.1, 0.15) is 5.56 Å². The van der Waals surface area contributed by atoms with Gasteiger partial charge in [-0.25, -0.2) is 9.66 Å². The molecule has 0 aliphatic carbocycles. The molecular formula is C19H17N7. The first-order chi connectivity index (χ1) is 12.6. The molecule has 7 nitrogen and oxygen atoms in total. The summed E-state index contributed by atoms with van der Waals surface area (Å²) in [4.78, 5) is 12.9. The largest absolute Gasteiger partial charge is 0.381 e. The minimum absolute atomic E-state index is 0.0409. The maximum atomic E-state index is 8.12. The van der Waals surface area contributed by atoms with Gasteiger partial charge in [0.25, 0.3) is 0 Å². The van der Waals surface area contributed by atoms with Gasteiger partial charge in [0.15, 0.2) is 11.3 Å². The van der Waals surface area contributed by atoms with Crippen molar-refractivity contribution in [3.8, 4) is 22.5 Å². The number of nitrogens with zero attached hydrogens (tertiary/aromatic N) is 4. The Morgan fingerprint density at radius 2 is 1.77 bits per heavy atom. The average Bonchev–Trinajstić information content (AvgIpc) is 2.67. The molecule has 1 aromatic carbocycles. The molecule has 0 radical (unpaired) electrons. The Morgan fingerprint density at radius 3 is 2.54 bits per heavy atom. The molecule has 0 saturated heterocycles. The van der Waals surface area contributed by atoms with E-state index in [0.29, 0.717) is 11.4 Å². The second kappa shape index (κ2) is 5.96. The molecule has 26 heavy (non-hydrogen) atoms. The van der Waals surface area contributed by atoms with E-state index < -0.39 is 0 Å². The first-order valence-corrected chi connectivity index (χ1v) is 8.04. The third-order valence-corrected chi connectivity index (χ3v) is 4.37. The zero-order chi connectivity index (χ0) is 18.3. The van der Waals surface area contributed by atoms with E-state index in [1.165, 1.54) is 4.68 Å². The van der Waals surface area contributed by atoms with Crippen molar-refractivity contribution >= 4 is 16.7 Å². The van der Waals surface area contributed by atoms with Gasteiger partial charge in [0, 0.05) is 35.1 Å². The standard InChI is InChI=1S/C19H17N7/c1-11-4-9-24-15-3-2-13(10-14(11)15)17-16(12-5-7-23-8-6-12)25-18(20)19(21)26(17)22/h2-10,21H,22H2,1H3,(H2,20,25). The Kier molecular flexibility index (Phi) is 3.62. The second-order valence-electron chi connectivity index (χ2n) is 6.01. The molecule has 0 aliphatic heterocycles. The monoisotopic (exact) mass is 343 g/mol. The van der Waals surface area contributed by atoms with Gasteiger partial charge in [0.05, 0.1) is 16.9 Å². The SMILES string of the molecule is Cc1ccnc2ccc(-c3c(-c4ccncc4)nc(N)c(=N)n3N)cc12. The molecule has 0 bridgehead atoms. The van der Waals surface area contributed by atoms with Gasteiger partial charge in [-0.3, -0.25) is 15.4 Å². The number of rotatable bonds is 2. The van der Waals surface area contributed by atoms with Crippen LogP contribution in [-0.4, -0.2) is 19.6 Å². The summed E-state index contributed by atoms with van der Waals surface area (Å²) in [5.74, 6) is 6.28. The third kappa shape index (κ3) is 2.46. The number of fused-ring (bicyclic) bond motifs is 1. The maximum Gasteiger partial charge on any atom is 0.187 e. The van der Waals surface area contributed by atoms with Crippen LogP contribution < -0.4 is 17.1 Å². The summed E-state index contributed by atoms with van der Waals surface area (Å²) in [5, 5.41) is 9.15. The van der Waals surface area contributed by atoms with Gasteiger partial charge in [-0.15, -0.1) is 0 Å². The smallest absolute Gasteiger partial charge is 0.187 e. The number of nitrogens with one attached hydrogen (secondary N) is 1. The number of nitrogen functional groups attached to an aromatic ring is 2. The normalized spacial score (nSPS) is 11.0. The molecule has 5 N–H and O–H groups in total. The van der Waals surface area contributed by atoms with Crippen molar-refractivity contribution in [3.05, 3.63) is 66.0 Å². The van der Waals surface area contributed by atoms with E-state index in [1.54, 1.807) is 18.6 Å². The molecule has 4 aromatic rings. The molecule has 0 saturated carbocycles. The van der Waals surface area contributed by atoms with Gasteiger partial charge in [0.1, 0.15) is 0 Å². The molecule has 0 unspecified atom stereocenters. The summed E-state index contributed by atoms with van der Waals surface area (Å²) < 4.78 is 1.27. The number of nitrogens with two attached hydrogens (primary N) is 2. The highest BCUT2D eigenvalue weighted by Gasteiger charge is 2.16. The van der Waals surface area contributed by atoms with Gasteiger partial charge in [-0.05, 0) is 42.8 Å². The van der Waals surface area contributed by atoms with Gasteiger partial charge >= 0.3 is 0 Å². The van der Waals surface area contributed by atoms with Crippen LogP contribution in [0.15, 0.2) is 55.0 Å². The van der Waals surface area contributed by atoms with Crippen LogP contribution in [-0.2, 0) is 0 Å². The molecule has 7 heteroatoms. The van der Waals surface area contributed by atoms with Crippen molar-refractivity contribution < 1.29 is 0 Å². The molecule has 0 atom stereocenters. The van der Waals surface area contributed by atoms with Crippen molar-refractivity contribution in [3.63, 3.8) is 0 Å². The lowest BCUT2D eigenvalue weighted by molar-refractivity contribution is 0.876. The Balaban J connectivity index is 2.07. The van der Waals surface area contributed by atoms with E-state index in [4.69, 9.17) is 17.0 Å². The number of aromatic nitrogens is 4. The second-order valence-corrected chi connectivity index (χ2v) is 6.01. The molecule has 0 aliphatic rings. The summed E-state index contributed by atoms with van der Waals surface area (Å²) in [6.07, 6.45) is 5.15. The fraction of sp³-hybridized carbons (Fsp3) is 0.0526. The van der Waals surface area contributed by atoms with Gasteiger partial charge in [0.2, 0.25) is 0 Å². The van der Waals surface area contributed by atoms with Crippen molar-refractivity contribution in [1.29, 1.82) is 5.41 Å². The Morgan fingerprint density at radius 1 is 1.00 bits per heavy atom. The van der Waals surface area contributed by atoms with E-state index in [-0.39, 0.29) is 11.3 Å². The Hall–Kier alpha value is -3.74. The van der Waals surface area contributed by atoms with Crippen LogP contribution in [0.2, 0.25) is 0 Å². The Bertz CT molecular complexity index is 1180. The van der Waals surface area contributed by atoms with Gasteiger partial charge < -0.3 is 11.6 Å². The fourth-order valence-electron chi connectivity index (χ4n) is 2.99. The lowest BCUT2D eigenvalue weighted by atomic mass is 10.0. The number of aryl methyl sites for hydroxylation is 1. The number of hydrogen-bond donors (Lipinski definition) is 3. The zero-order valence-electron chi connectivity index (χ0n) is 14.1. The van der Waals surface area contributed by atoms with E-state index in [2.05, 4.69) is 15.0 Å². The number of pyridine rings is 2. The van der Waals surface area contributed by atoms with Crippen LogP contribution in [0, 0.1) is 12.3 Å². The van der Waals surface area contributed by atoms with Crippen molar-refractivity contribution in [1.82, 2.24) is 19.6 Å². The predicted molar refractivity (Wildman–Crippen MR) is 101 cm³/mol. The molecule has 4 rings (SSSR count). The number of benzene rings is 1. The fourth-order valence-corrected chi connectivity index (χ4v) is 2.99. The summed E-state index contributed by atoms with van der Waals surface area (Å²) in [6, 6.07) is 11.5. The van der Waals surface area contributed by atoms with Crippen molar-refractivity contribution in [2.45, 2.75) is 6.92 Å². The highest BCUT2D eigenvalue weighted by molar-refractivity contribution is 5.89. The van der Waals surface area contributed by atoms with Crippen LogP contribution in [0.25, 0.3) is 33.4 Å². The summed E-state index contributed by atoms with van der Waals surface area (Å²) >= 11 is 0.